The lowest BCUT2D eigenvalue weighted by molar-refractivity contribution is 1.07. The van der Waals surface area contributed by atoms with Crippen LogP contribution in [0.1, 0.15) is 22.3 Å². The summed E-state index contributed by atoms with van der Waals surface area (Å²) in [5.41, 5.74) is 18.4. The number of rotatable bonds is 5. The van der Waals surface area contributed by atoms with Crippen LogP contribution in [-0.2, 0) is 12.8 Å². The molecule has 1 heterocycles. The number of aromatic nitrogens is 3. The Hall–Kier alpha value is -6.45. The van der Waals surface area contributed by atoms with Crippen LogP contribution >= 0.6 is 0 Å². The van der Waals surface area contributed by atoms with Crippen molar-refractivity contribution in [2.24, 2.45) is 0 Å². The lowest BCUT2D eigenvalue weighted by Crippen LogP contribution is -2.01. The topological polar surface area (TPSA) is 38.7 Å². The molecule has 1 aromatic heterocycles. The van der Waals surface area contributed by atoms with Gasteiger partial charge in [0.25, 0.3) is 0 Å². The highest BCUT2D eigenvalue weighted by molar-refractivity contribution is 5.91. The molecule has 3 nitrogen and oxygen atoms in total. The van der Waals surface area contributed by atoms with Crippen LogP contribution in [0.15, 0.2) is 164 Å². The van der Waals surface area contributed by atoms with Crippen molar-refractivity contribution < 1.29 is 0 Å². The average Bonchev–Trinajstić information content (AvgIpc) is 3.76. The molecule has 0 saturated carbocycles. The second-order valence-corrected chi connectivity index (χ2v) is 13.2. The van der Waals surface area contributed by atoms with Crippen molar-refractivity contribution in [2.75, 3.05) is 0 Å². The molecule has 0 fully saturated rings. The molecule has 10 rings (SSSR count). The van der Waals surface area contributed by atoms with Gasteiger partial charge in [-0.3, -0.25) is 0 Å². The molecule has 0 unspecified atom stereocenters. The molecule has 8 aromatic rings. The van der Waals surface area contributed by atoms with Crippen LogP contribution in [0, 0.1) is 0 Å². The zero-order valence-electron chi connectivity index (χ0n) is 27.3. The molecule has 0 atom stereocenters. The van der Waals surface area contributed by atoms with Gasteiger partial charge in [0.15, 0.2) is 17.5 Å². The van der Waals surface area contributed by atoms with Gasteiger partial charge in [-0.1, -0.05) is 152 Å². The first kappa shape index (κ1) is 28.6. The van der Waals surface area contributed by atoms with Gasteiger partial charge in [0.1, 0.15) is 0 Å². The number of fused-ring (bicyclic) bond motifs is 6. The fraction of sp³-hybridized carbons (Fsp3) is 0.0426. The molecule has 234 valence electrons. The lowest BCUT2D eigenvalue weighted by Gasteiger charge is -2.12. The summed E-state index contributed by atoms with van der Waals surface area (Å²) in [4.78, 5) is 15.4. The Kier molecular flexibility index (Phi) is 6.63. The Labute approximate surface area is 291 Å². The van der Waals surface area contributed by atoms with Crippen LogP contribution in [0.3, 0.4) is 0 Å². The smallest absolute Gasteiger partial charge is 0.164 e. The van der Waals surface area contributed by atoms with Crippen molar-refractivity contribution in [1.29, 1.82) is 0 Å². The molecular weight excluding hydrogens is 607 g/mol. The van der Waals surface area contributed by atoms with E-state index >= 15 is 0 Å². The number of nitrogens with zero attached hydrogens (tertiary/aromatic N) is 3. The SMILES string of the molecule is c1ccc(-c2ccc(-c3nc(-c4ccc5c(c4)Cc4ccccc4-5)nc(-c4ccc5c(c4)Cc4cccc(-c6ccccc6)c4-5)n3)cc2)cc1. The Morgan fingerprint density at radius 1 is 0.280 bits per heavy atom. The van der Waals surface area contributed by atoms with Crippen LogP contribution in [-0.4, -0.2) is 15.0 Å². The zero-order valence-corrected chi connectivity index (χ0v) is 27.3. The summed E-state index contributed by atoms with van der Waals surface area (Å²) < 4.78 is 0. The highest BCUT2D eigenvalue weighted by atomic mass is 15.0. The molecular formula is C47H31N3. The van der Waals surface area contributed by atoms with Crippen molar-refractivity contribution in [3.63, 3.8) is 0 Å². The Balaban J connectivity index is 1.08. The van der Waals surface area contributed by atoms with E-state index in [0.29, 0.717) is 17.5 Å². The van der Waals surface area contributed by atoms with Gasteiger partial charge < -0.3 is 0 Å². The maximum Gasteiger partial charge on any atom is 0.164 e. The van der Waals surface area contributed by atoms with E-state index in [1.54, 1.807) is 0 Å². The van der Waals surface area contributed by atoms with Crippen LogP contribution < -0.4 is 0 Å². The minimum Gasteiger partial charge on any atom is -0.208 e. The maximum absolute atomic E-state index is 5.16. The lowest BCUT2D eigenvalue weighted by atomic mass is 9.94. The van der Waals surface area contributed by atoms with Crippen molar-refractivity contribution >= 4 is 0 Å². The third kappa shape index (κ3) is 4.86. The largest absolute Gasteiger partial charge is 0.208 e. The molecule has 0 radical (unpaired) electrons. The van der Waals surface area contributed by atoms with Gasteiger partial charge in [-0.25, -0.2) is 15.0 Å². The summed E-state index contributed by atoms with van der Waals surface area (Å²) >= 11 is 0. The van der Waals surface area contributed by atoms with E-state index in [1.807, 2.05) is 6.07 Å². The normalized spacial score (nSPS) is 12.2. The van der Waals surface area contributed by atoms with Crippen LogP contribution in [0.4, 0.5) is 0 Å². The van der Waals surface area contributed by atoms with Crippen LogP contribution in [0.5, 0.6) is 0 Å². The van der Waals surface area contributed by atoms with E-state index in [9.17, 15) is 0 Å². The first-order chi connectivity index (χ1) is 24.7. The standard InChI is InChI=1S/C47H31N3/c1-3-10-30(11-4-1)31-18-20-33(21-19-31)45-48-46(36-22-24-41-38(28-36)26-34-14-7-8-16-40(34)41)50-47(49-45)37-23-25-43-39(29-37)27-35-15-9-17-42(44(35)43)32-12-5-2-6-13-32/h1-25,28-29H,26-27H2. The third-order valence-electron chi connectivity index (χ3n) is 10.2. The van der Waals surface area contributed by atoms with Gasteiger partial charge in [-0.2, -0.15) is 0 Å². The summed E-state index contributed by atoms with van der Waals surface area (Å²) in [6.07, 6.45) is 1.80. The maximum atomic E-state index is 5.16. The van der Waals surface area contributed by atoms with E-state index in [-0.39, 0.29) is 0 Å². The summed E-state index contributed by atoms with van der Waals surface area (Å²) in [5.74, 6) is 2.04. The molecule has 0 spiro atoms. The molecule has 2 aliphatic rings. The van der Waals surface area contributed by atoms with E-state index in [1.165, 1.54) is 61.2 Å². The zero-order chi connectivity index (χ0) is 33.0. The minimum absolute atomic E-state index is 0.670. The van der Waals surface area contributed by atoms with Crippen LogP contribution in [0.2, 0.25) is 0 Å². The van der Waals surface area contributed by atoms with Gasteiger partial charge in [0.05, 0.1) is 0 Å². The fourth-order valence-electron chi connectivity index (χ4n) is 7.74. The summed E-state index contributed by atoms with van der Waals surface area (Å²) in [6, 6.07) is 58.4. The number of hydrogen-bond acceptors (Lipinski definition) is 3. The van der Waals surface area contributed by atoms with Crippen molar-refractivity contribution in [3.8, 4) is 78.7 Å². The highest BCUT2D eigenvalue weighted by Crippen LogP contribution is 2.44. The number of benzene rings is 7. The Morgan fingerprint density at radius 3 is 1.46 bits per heavy atom. The molecule has 0 amide bonds. The molecule has 0 N–H and O–H groups in total. The van der Waals surface area contributed by atoms with Gasteiger partial charge in [0.2, 0.25) is 0 Å². The first-order valence-electron chi connectivity index (χ1n) is 17.2. The Morgan fingerprint density at radius 2 is 0.740 bits per heavy atom. The van der Waals surface area contributed by atoms with E-state index in [4.69, 9.17) is 15.0 Å². The molecule has 3 heteroatoms. The average molecular weight is 638 g/mol. The predicted octanol–water partition coefficient (Wildman–Crippen LogP) is 11.3. The van der Waals surface area contributed by atoms with Crippen molar-refractivity contribution in [1.82, 2.24) is 15.0 Å². The van der Waals surface area contributed by atoms with Crippen molar-refractivity contribution in [2.45, 2.75) is 12.8 Å². The monoisotopic (exact) mass is 637 g/mol. The second-order valence-electron chi connectivity index (χ2n) is 13.2. The quantitative estimate of drug-likeness (QED) is 0.188. The molecule has 0 aliphatic heterocycles. The van der Waals surface area contributed by atoms with Gasteiger partial charge in [-0.15, -0.1) is 0 Å². The van der Waals surface area contributed by atoms with E-state index in [2.05, 4.69) is 158 Å². The van der Waals surface area contributed by atoms with Gasteiger partial charge in [-0.05, 0) is 91.7 Å². The third-order valence-corrected chi connectivity index (χ3v) is 10.2. The predicted molar refractivity (Wildman–Crippen MR) is 203 cm³/mol. The van der Waals surface area contributed by atoms with E-state index < -0.39 is 0 Å². The minimum atomic E-state index is 0.670. The number of hydrogen-bond donors (Lipinski definition) is 0. The molecule has 50 heavy (non-hydrogen) atoms. The van der Waals surface area contributed by atoms with Crippen molar-refractivity contribution in [3.05, 3.63) is 186 Å². The Bertz CT molecular complexity index is 2570. The van der Waals surface area contributed by atoms with Gasteiger partial charge >= 0.3 is 0 Å². The summed E-state index contributed by atoms with van der Waals surface area (Å²) in [6.45, 7) is 0. The molecule has 0 saturated heterocycles. The summed E-state index contributed by atoms with van der Waals surface area (Å²) in [7, 11) is 0. The van der Waals surface area contributed by atoms with Gasteiger partial charge in [0, 0.05) is 16.7 Å². The fourth-order valence-corrected chi connectivity index (χ4v) is 7.74. The first-order valence-corrected chi connectivity index (χ1v) is 17.2. The molecule has 7 aromatic carbocycles. The highest BCUT2D eigenvalue weighted by Gasteiger charge is 2.24. The second kappa shape index (κ2) is 11.6. The van der Waals surface area contributed by atoms with E-state index in [0.717, 1.165) is 35.1 Å². The molecule has 2 aliphatic carbocycles. The van der Waals surface area contributed by atoms with Crippen LogP contribution in [0.25, 0.3) is 78.7 Å². The molecule has 0 bridgehead atoms. The summed E-state index contributed by atoms with van der Waals surface area (Å²) in [5, 5.41) is 0.